The van der Waals surface area contributed by atoms with E-state index in [1.807, 2.05) is 49.4 Å². The summed E-state index contributed by atoms with van der Waals surface area (Å²) in [5, 5.41) is 2.96. The van der Waals surface area contributed by atoms with Crippen LogP contribution in [0.15, 0.2) is 79.1 Å². The lowest BCUT2D eigenvalue weighted by Gasteiger charge is -2.31. The van der Waals surface area contributed by atoms with Gasteiger partial charge in [0.15, 0.2) is 0 Å². The van der Waals surface area contributed by atoms with Gasteiger partial charge in [0.25, 0.3) is 0 Å². The lowest BCUT2D eigenvalue weighted by Crippen LogP contribution is -2.50. The number of pyridine rings is 1. The molecule has 3 rings (SSSR count). The Morgan fingerprint density at radius 3 is 2.34 bits per heavy atom. The van der Waals surface area contributed by atoms with Gasteiger partial charge in [-0.3, -0.25) is 14.6 Å². The molecule has 0 fully saturated rings. The number of benzene rings is 2. The zero-order chi connectivity index (χ0) is 22.8. The summed E-state index contributed by atoms with van der Waals surface area (Å²) in [7, 11) is 0. The number of carbonyl (C=O) groups is 2. The van der Waals surface area contributed by atoms with E-state index in [1.165, 1.54) is 12.1 Å². The third-order valence-electron chi connectivity index (χ3n) is 5.19. The Kier molecular flexibility index (Phi) is 8.49. The molecule has 5 nitrogen and oxygen atoms in total. The molecule has 0 aliphatic rings. The van der Waals surface area contributed by atoms with Gasteiger partial charge >= 0.3 is 0 Å². The second-order valence-corrected chi connectivity index (χ2v) is 7.68. The first-order valence-electron chi connectivity index (χ1n) is 10.8. The van der Waals surface area contributed by atoms with E-state index < -0.39 is 6.04 Å². The molecule has 166 valence electrons. The molecule has 1 atom stereocenters. The van der Waals surface area contributed by atoms with Crippen LogP contribution in [0.3, 0.4) is 0 Å². The predicted molar refractivity (Wildman–Crippen MR) is 122 cm³/mol. The maximum absolute atomic E-state index is 13.4. The lowest BCUT2D eigenvalue weighted by molar-refractivity contribution is -0.141. The summed E-state index contributed by atoms with van der Waals surface area (Å²) in [6.07, 6.45) is 4.77. The highest BCUT2D eigenvalue weighted by Gasteiger charge is 2.29. The number of rotatable bonds is 10. The summed E-state index contributed by atoms with van der Waals surface area (Å²) in [5.74, 6) is -0.672. The van der Waals surface area contributed by atoms with Crippen LogP contribution in [-0.2, 0) is 29.1 Å². The van der Waals surface area contributed by atoms with E-state index in [0.29, 0.717) is 25.8 Å². The first kappa shape index (κ1) is 23.1. The topological polar surface area (TPSA) is 62.3 Å². The average Bonchev–Trinajstić information content (AvgIpc) is 2.82. The standard InChI is InChI=1S/C26H28FN3O2/c1-2-7-25(31)30(19-21-11-13-23(27)14-12-21)24(16-20-8-4-3-5-9-20)26(32)29-18-22-10-6-15-28-17-22/h3-6,8-15,17,24H,2,7,16,18-19H2,1H3,(H,29,32)/t24-/m1/s1. The number of carbonyl (C=O) groups excluding carboxylic acids is 2. The van der Waals surface area contributed by atoms with E-state index in [2.05, 4.69) is 10.3 Å². The Bertz CT molecular complexity index is 995. The van der Waals surface area contributed by atoms with Gasteiger partial charge in [-0.1, -0.05) is 55.5 Å². The Morgan fingerprint density at radius 1 is 0.969 bits per heavy atom. The van der Waals surface area contributed by atoms with Crippen LogP contribution in [0.4, 0.5) is 4.39 Å². The molecule has 0 aliphatic carbocycles. The summed E-state index contributed by atoms with van der Waals surface area (Å²) in [5.41, 5.74) is 2.61. The first-order chi connectivity index (χ1) is 15.6. The van der Waals surface area contributed by atoms with Crippen LogP contribution in [0.25, 0.3) is 0 Å². The molecule has 1 heterocycles. The number of halogens is 1. The van der Waals surface area contributed by atoms with E-state index in [0.717, 1.165) is 16.7 Å². The fourth-order valence-corrected chi connectivity index (χ4v) is 3.51. The minimum atomic E-state index is -0.696. The van der Waals surface area contributed by atoms with Crippen molar-refractivity contribution < 1.29 is 14.0 Å². The number of hydrogen-bond donors (Lipinski definition) is 1. The van der Waals surface area contributed by atoms with Crippen molar-refractivity contribution in [2.45, 2.75) is 45.3 Å². The summed E-state index contributed by atoms with van der Waals surface area (Å²) < 4.78 is 13.4. The molecule has 0 spiro atoms. The van der Waals surface area contributed by atoms with Crippen LogP contribution < -0.4 is 5.32 Å². The molecule has 0 bridgehead atoms. The average molecular weight is 434 g/mol. The molecule has 0 saturated heterocycles. The largest absolute Gasteiger partial charge is 0.350 e. The molecule has 0 aliphatic heterocycles. The summed E-state index contributed by atoms with van der Waals surface area (Å²) in [4.78, 5) is 32.1. The van der Waals surface area contributed by atoms with Crippen molar-refractivity contribution in [1.29, 1.82) is 0 Å². The number of nitrogens with zero attached hydrogens (tertiary/aromatic N) is 2. The summed E-state index contributed by atoms with van der Waals surface area (Å²) >= 11 is 0. The smallest absolute Gasteiger partial charge is 0.243 e. The van der Waals surface area contributed by atoms with Crippen LogP contribution in [-0.4, -0.2) is 27.7 Å². The van der Waals surface area contributed by atoms with Crippen LogP contribution in [0.5, 0.6) is 0 Å². The van der Waals surface area contributed by atoms with Crippen LogP contribution >= 0.6 is 0 Å². The second-order valence-electron chi connectivity index (χ2n) is 7.68. The third kappa shape index (κ3) is 6.74. The Balaban J connectivity index is 1.87. The second kappa shape index (κ2) is 11.7. The molecule has 1 N–H and O–H groups in total. The first-order valence-corrected chi connectivity index (χ1v) is 10.8. The van der Waals surface area contributed by atoms with Crippen LogP contribution in [0.2, 0.25) is 0 Å². The van der Waals surface area contributed by atoms with Gasteiger partial charge < -0.3 is 10.2 Å². The van der Waals surface area contributed by atoms with E-state index in [9.17, 15) is 14.0 Å². The highest BCUT2D eigenvalue weighted by atomic mass is 19.1. The minimum absolute atomic E-state index is 0.103. The van der Waals surface area contributed by atoms with E-state index in [4.69, 9.17) is 0 Å². The van der Waals surface area contributed by atoms with E-state index in [-0.39, 0.29) is 24.2 Å². The lowest BCUT2D eigenvalue weighted by atomic mass is 10.0. The summed E-state index contributed by atoms with van der Waals surface area (Å²) in [6, 6.07) is 18.7. The zero-order valence-corrected chi connectivity index (χ0v) is 18.2. The minimum Gasteiger partial charge on any atom is -0.350 e. The van der Waals surface area contributed by atoms with Crippen molar-refractivity contribution in [3.63, 3.8) is 0 Å². The molecule has 6 heteroatoms. The number of aromatic nitrogens is 1. The van der Waals surface area contributed by atoms with Gasteiger partial charge in [0.1, 0.15) is 11.9 Å². The van der Waals surface area contributed by atoms with Gasteiger partial charge in [0.2, 0.25) is 11.8 Å². The molecule has 2 aromatic carbocycles. The fraction of sp³-hybridized carbons (Fsp3) is 0.269. The Hall–Kier alpha value is -3.54. The monoisotopic (exact) mass is 433 g/mol. The van der Waals surface area contributed by atoms with Gasteiger partial charge in [-0.2, -0.15) is 0 Å². The molecule has 1 aromatic heterocycles. The van der Waals surface area contributed by atoms with Gasteiger partial charge in [-0.25, -0.2) is 4.39 Å². The van der Waals surface area contributed by atoms with Gasteiger partial charge in [0, 0.05) is 38.3 Å². The van der Waals surface area contributed by atoms with Gasteiger partial charge in [-0.05, 0) is 41.3 Å². The molecule has 0 unspecified atom stereocenters. The van der Waals surface area contributed by atoms with Crippen molar-refractivity contribution in [2.24, 2.45) is 0 Å². The van der Waals surface area contributed by atoms with Crippen LogP contribution in [0.1, 0.15) is 36.5 Å². The van der Waals surface area contributed by atoms with Crippen molar-refractivity contribution in [2.75, 3.05) is 0 Å². The molecule has 0 radical (unpaired) electrons. The maximum Gasteiger partial charge on any atom is 0.243 e. The number of amides is 2. The van der Waals surface area contributed by atoms with E-state index in [1.54, 1.807) is 29.4 Å². The van der Waals surface area contributed by atoms with Crippen molar-refractivity contribution in [1.82, 2.24) is 15.2 Å². The van der Waals surface area contributed by atoms with Crippen molar-refractivity contribution in [3.05, 3.63) is 102 Å². The zero-order valence-electron chi connectivity index (χ0n) is 18.2. The maximum atomic E-state index is 13.4. The SMILES string of the molecule is CCCC(=O)N(Cc1ccc(F)cc1)[C@H](Cc1ccccc1)C(=O)NCc1cccnc1. The van der Waals surface area contributed by atoms with E-state index >= 15 is 0 Å². The van der Waals surface area contributed by atoms with Gasteiger partial charge in [-0.15, -0.1) is 0 Å². The summed E-state index contributed by atoms with van der Waals surface area (Å²) in [6.45, 7) is 2.49. The molecule has 2 amide bonds. The molecular formula is C26H28FN3O2. The van der Waals surface area contributed by atoms with Crippen LogP contribution in [0, 0.1) is 5.82 Å². The van der Waals surface area contributed by atoms with Crippen molar-refractivity contribution >= 4 is 11.8 Å². The molecule has 0 saturated carbocycles. The molecule has 32 heavy (non-hydrogen) atoms. The Labute approximate surface area is 188 Å². The van der Waals surface area contributed by atoms with Crippen molar-refractivity contribution in [3.8, 4) is 0 Å². The Morgan fingerprint density at radius 2 is 1.69 bits per heavy atom. The molecule has 3 aromatic rings. The highest BCUT2D eigenvalue weighted by molar-refractivity contribution is 5.88. The quantitative estimate of drug-likeness (QED) is 0.519. The number of nitrogens with one attached hydrogen (secondary N) is 1. The number of hydrogen-bond acceptors (Lipinski definition) is 3. The predicted octanol–water partition coefficient (Wildman–Crippen LogP) is 4.28. The normalized spacial score (nSPS) is 11.6. The molecular weight excluding hydrogens is 405 g/mol. The highest BCUT2D eigenvalue weighted by Crippen LogP contribution is 2.17. The third-order valence-corrected chi connectivity index (χ3v) is 5.19. The van der Waals surface area contributed by atoms with Gasteiger partial charge in [0.05, 0.1) is 0 Å². The fourth-order valence-electron chi connectivity index (χ4n) is 3.51.